The zero-order valence-corrected chi connectivity index (χ0v) is 19.2. The van der Waals surface area contributed by atoms with E-state index in [0.29, 0.717) is 30.4 Å². The molecule has 164 valence electrons. The number of fused-ring (bicyclic) bond motifs is 1. The van der Waals surface area contributed by atoms with Crippen molar-refractivity contribution in [2.24, 2.45) is 11.7 Å². The molecule has 30 heavy (non-hydrogen) atoms. The number of hydrogen-bond acceptors (Lipinski definition) is 4. The first-order valence-corrected chi connectivity index (χ1v) is 9.60. The Morgan fingerprint density at radius 3 is 2.67 bits per heavy atom. The van der Waals surface area contributed by atoms with Gasteiger partial charge in [0.15, 0.2) is 0 Å². The van der Waals surface area contributed by atoms with Gasteiger partial charge in [0, 0.05) is 37.6 Å². The lowest BCUT2D eigenvalue weighted by Crippen LogP contribution is -2.34. The smallest absolute Gasteiger partial charge is 0.253 e. The van der Waals surface area contributed by atoms with Crippen molar-refractivity contribution in [1.29, 1.82) is 0 Å². The van der Waals surface area contributed by atoms with E-state index < -0.39 is 0 Å². The van der Waals surface area contributed by atoms with Crippen LogP contribution in [0.5, 0.6) is 5.75 Å². The summed E-state index contributed by atoms with van der Waals surface area (Å²) in [5, 5.41) is 0. The zero-order valence-electron chi connectivity index (χ0n) is 17.5. The van der Waals surface area contributed by atoms with Crippen LogP contribution in [0.2, 0.25) is 0 Å². The monoisotopic (exact) mass is 452 g/mol. The fraction of sp³-hybridized carbons (Fsp3) is 0.364. The number of nitrogens with two attached hydrogens (primary N) is 1. The molecule has 8 heteroatoms. The van der Waals surface area contributed by atoms with Crippen molar-refractivity contribution in [2.75, 3.05) is 13.6 Å². The van der Waals surface area contributed by atoms with E-state index in [-0.39, 0.29) is 36.8 Å². The first kappa shape index (κ1) is 25.8. The number of halogens is 2. The van der Waals surface area contributed by atoms with Gasteiger partial charge in [-0.05, 0) is 42.7 Å². The number of aromatic nitrogens is 2. The molecule has 0 bridgehead atoms. The van der Waals surface area contributed by atoms with Crippen LogP contribution in [0.1, 0.15) is 36.3 Å². The molecule has 0 fully saturated rings. The van der Waals surface area contributed by atoms with Gasteiger partial charge in [-0.25, -0.2) is 4.98 Å². The summed E-state index contributed by atoms with van der Waals surface area (Å²) in [5.41, 5.74) is 8.41. The molecule has 3 aromatic rings. The summed E-state index contributed by atoms with van der Waals surface area (Å²) in [4.78, 5) is 18.9. The normalized spacial score (nSPS) is 11.5. The third kappa shape index (κ3) is 6.62. The fourth-order valence-corrected chi connectivity index (χ4v) is 2.93. The van der Waals surface area contributed by atoms with Crippen molar-refractivity contribution >= 4 is 36.4 Å². The lowest BCUT2D eigenvalue weighted by atomic mass is 10.0. The van der Waals surface area contributed by atoms with Gasteiger partial charge in [0.2, 0.25) is 0 Å². The van der Waals surface area contributed by atoms with Crippen molar-refractivity contribution in [3.63, 3.8) is 0 Å². The van der Waals surface area contributed by atoms with Crippen LogP contribution in [0.4, 0.5) is 0 Å². The quantitative estimate of drug-likeness (QED) is 0.555. The number of amides is 1. The highest BCUT2D eigenvalue weighted by Crippen LogP contribution is 2.17. The topological polar surface area (TPSA) is 72.9 Å². The molecule has 0 radical (unpaired) electrons. The van der Waals surface area contributed by atoms with Crippen LogP contribution in [0.25, 0.3) is 5.65 Å². The molecule has 0 aliphatic carbocycles. The Labute approximate surface area is 190 Å². The Kier molecular flexibility index (Phi) is 10.1. The van der Waals surface area contributed by atoms with Crippen LogP contribution in [0.15, 0.2) is 54.9 Å². The zero-order chi connectivity index (χ0) is 20.1. The lowest BCUT2D eigenvalue weighted by molar-refractivity contribution is 0.0788. The van der Waals surface area contributed by atoms with Crippen molar-refractivity contribution in [2.45, 2.75) is 32.9 Å². The first-order chi connectivity index (χ1) is 13.4. The van der Waals surface area contributed by atoms with E-state index in [0.717, 1.165) is 17.8 Å². The van der Waals surface area contributed by atoms with Crippen molar-refractivity contribution in [3.05, 3.63) is 66.1 Å². The van der Waals surface area contributed by atoms with E-state index in [4.69, 9.17) is 10.5 Å². The van der Waals surface area contributed by atoms with Crippen molar-refractivity contribution < 1.29 is 9.53 Å². The van der Waals surface area contributed by atoms with Gasteiger partial charge >= 0.3 is 0 Å². The third-order valence-corrected chi connectivity index (χ3v) is 4.88. The van der Waals surface area contributed by atoms with E-state index in [9.17, 15) is 4.79 Å². The van der Waals surface area contributed by atoms with Crippen LogP contribution >= 0.6 is 24.8 Å². The minimum Gasteiger partial charge on any atom is -0.487 e. The molecular formula is C22H30Cl2N4O2. The molecule has 1 aromatic carbocycles. The summed E-state index contributed by atoms with van der Waals surface area (Å²) in [6, 6.07) is 13.2. The van der Waals surface area contributed by atoms with Crippen LogP contribution < -0.4 is 10.5 Å². The summed E-state index contributed by atoms with van der Waals surface area (Å²) in [7, 11) is 1.81. The number of hydrogen-bond donors (Lipinski definition) is 1. The molecule has 1 unspecified atom stereocenters. The number of carbonyl (C=O) groups excluding carboxylic acids is 1. The van der Waals surface area contributed by atoms with E-state index in [1.54, 1.807) is 24.1 Å². The molecule has 0 saturated heterocycles. The highest BCUT2D eigenvalue weighted by atomic mass is 35.5. The molecule has 3 rings (SSSR count). The number of benzene rings is 1. The second kappa shape index (κ2) is 11.8. The molecule has 0 aliphatic heterocycles. The summed E-state index contributed by atoms with van der Waals surface area (Å²) >= 11 is 0. The maximum atomic E-state index is 12.7. The van der Waals surface area contributed by atoms with Crippen LogP contribution in [-0.4, -0.2) is 39.8 Å². The second-order valence-corrected chi connectivity index (χ2v) is 7.44. The SMILES string of the molecule is CC(C)C(N)CCN(C)C(=O)c1cccc(OCc2cn3ccccc3n2)c1.Cl.Cl. The van der Waals surface area contributed by atoms with E-state index >= 15 is 0 Å². The highest BCUT2D eigenvalue weighted by Gasteiger charge is 2.15. The Balaban J connectivity index is 0.00000225. The molecular weight excluding hydrogens is 423 g/mol. The van der Waals surface area contributed by atoms with Gasteiger partial charge in [0.25, 0.3) is 5.91 Å². The maximum absolute atomic E-state index is 12.7. The number of carbonyl (C=O) groups is 1. The van der Waals surface area contributed by atoms with Gasteiger partial charge in [-0.1, -0.05) is 26.0 Å². The molecule has 2 N–H and O–H groups in total. The number of pyridine rings is 1. The Hall–Kier alpha value is -2.28. The van der Waals surface area contributed by atoms with Gasteiger partial charge < -0.3 is 19.8 Å². The largest absolute Gasteiger partial charge is 0.487 e. The number of ether oxygens (including phenoxy) is 1. The van der Waals surface area contributed by atoms with Gasteiger partial charge in [-0.2, -0.15) is 0 Å². The summed E-state index contributed by atoms with van der Waals surface area (Å²) in [5.74, 6) is 1.02. The molecule has 0 saturated carbocycles. The van der Waals surface area contributed by atoms with Crippen LogP contribution in [0.3, 0.4) is 0 Å². The fourth-order valence-electron chi connectivity index (χ4n) is 2.93. The molecule has 2 heterocycles. The number of imidazole rings is 1. The molecule has 1 amide bonds. The van der Waals surface area contributed by atoms with E-state index in [2.05, 4.69) is 18.8 Å². The predicted octanol–water partition coefficient (Wildman–Crippen LogP) is 4.20. The Bertz CT molecular complexity index is 913. The van der Waals surface area contributed by atoms with Crippen molar-refractivity contribution in [1.82, 2.24) is 14.3 Å². The number of rotatable bonds is 8. The van der Waals surface area contributed by atoms with Crippen molar-refractivity contribution in [3.8, 4) is 5.75 Å². The molecule has 6 nitrogen and oxygen atoms in total. The first-order valence-electron chi connectivity index (χ1n) is 9.60. The van der Waals surface area contributed by atoms with Gasteiger partial charge in [0.05, 0.1) is 5.69 Å². The van der Waals surface area contributed by atoms with Crippen LogP contribution in [-0.2, 0) is 6.61 Å². The molecule has 0 spiro atoms. The third-order valence-electron chi connectivity index (χ3n) is 4.88. The summed E-state index contributed by atoms with van der Waals surface area (Å²) in [6.07, 6.45) is 4.67. The standard InChI is InChI=1S/C22H28N4O2.2ClH/c1-16(2)20(23)10-12-25(3)22(27)17-7-6-8-19(13-17)28-15-18-14-26-11-5-4-9-21(26)24-18;;/h4-9,11,13-14,16,20H,10,12,15,23H2,1-3H3;2*1H. The van der Waals surface area contributed by atoms with Crippen LogP contribution in [0, 0.1) is 5.92 Å². The summed E-state index contributed by atoms with van der Waals surface area (Å²) in [6.45, 7) is 5.16. The predicted molar refractivity (Wildman–Crippen MR) is 125 cm³/mol. The molecule has 2 aromatic heterocycles. The highest BCUT2D eigenvalue weighted by molar-refractivity contribution is 5.94. The molecule has 0 aliphatic rings. The van der Waals surface area contributed by atoms with E-state index in [1.807, 2.05) is 47.1 Å². The minimum atomic E-state index is -0.0332. The number of nitrogens with zero attached hydrogens (tertiary/aromatic N) is 3. The second-order valence-electron chi connectivity index (χ2n) is 7.44. The maximum Gasteiger partial charge on any atom is 0.253 e. The minimum absolute atomic E-state index is 0. The lowest BCUT2D eigenvalue weighted by Gasteiger charge is -2.21. The Morgan fingerprint density at radius 1 is 1.20 bits per heavy atom. The van der Waals surface area contributed by atoms with Gasteiger partial charge in [0.1, 0.15) is 18.0 Å². The van der Waals surface area contributed by atoms with E-state index in [1.165, 1.54) is 0 Å². The van der Waals surface area contributed by atoms with Gasteiger partial charge in [-0.15, -0.1) is 24.8 Å². The molecule has 1 atom stereocenters. The average Bonchev–Trinajstić information content (AvgIpc) is 3.12. The Morgan fingerprint density at radius 2 is 1.97 bits per heavy atom. The van der Waals surface area contributed by atoms with Gasteiger partial charge in [-0.3, -0.25) is 4.79 Å². The summed E-state index contributed by atoms with van der Waals surface area (Å²) < 4.78 is 7.81. The average molecular weight is 453 g/mol.